The minimum Gasteiger partial charge on any atom is -0.434 e. The summed E-state index contributed by atoms with van der Waals surface area (Å²) < 4.78 is 11.4. The minimum atomic E-state index is -0.442. The van der Waals surface area contributed by atoms with Crippen molar-refractivity contribution in [1.82, 2.24) is 9.97 Å². The van der Waals surface area contributed by atoms with Crippen molar-refractivity contribution in [2.45, 2.75) is 26.2 Å². The van der Waals surface area contributed by atoms with Gasteiger partial charge < -0.3 is 9.47 Å². The summed E-state index contributed by atoms with van der Waals surface area (Å²) in [4.78, 5) is 19.6. The van der Waals surface area contributed by atoms with E-state index in [0.29, 0.717) is 36.6 Å². The molecule has 0 aliphatic rings. The first-order valence-corrected chi connectivity index (χ1v) is 9.48. The van der Waals surface area contributed by atoms with E-state index in [4.69, 9.17) is 9.47 Å². The molecule has 0 spiro atoms. The van der Waals surface area contributed by atoms with Crippen LogP contribution in [0.15, 0.2) is 60.9 Å². The van der Waals surface area contributed by atoms with E-state index in [9.17, 15) is 10.1 Å². The van der Waals surface area contributed by atoms with Crippen molar-refractivity contribution in [1.29, 1.82) is 0 Å². The quantitative estimate of drug-likeness (QED) is 0.282. The molecular formula is C22H23N3O4. The number of hydrogen-bond acceptors (Lipinski definition) is 6. The Morgan fingerprint density at radius 3 is 2.62 bits per heavy atom. The molecule has 0 amide bonds. The van der Waals surface area contributed by atoms with E-state index < -0.39 is 4.92 Å². The van der Waals surface area contributed by atoms with E-state index in [-0.39, 0.29) is 11.6 Å². The standard InChI is InChI=1S/C22H23N3O4/c1-17-15-19(11-14-28-13-6-8-18-7-5-12-23-16-18)21(25(26)27)22(24-17)29-20-9-3-2-4-10-20/h2-5,7,9-10,12,15-16H,6,8,11,13-14H2,1H3. The number of para-hydroxylation sites is 1. The lowest BCUT2D eigenvalue weighted by Gasteiger charge is -2.10. The Balaban J connectivity index is 1.60. The van der Waals surface area contributed by atoms with Crippen molar-refractivity contribution < 1.29 is 14.4 Å². The van der Waals surface area contributed by atoms with Crippen molar-refractivity contribution in [3.05, 3.63) is 87.9 Å². The third-order valence-electron chi connectivity index (χ3n) is 4.30. The van der Waals surface area contributed by atoms with Crippen LogP contribution in [0.3, 0.4) is 0 Å². The zero-order valence-electron chi connectivity index (χ0n) is 16.3. The average Bonchev–Trinajstić information content (AvgIpc) is 2.71. The van der Waals surface area contributed by atoms with Gasteiger partial charge in [-0.05, 0) is 49.6 Å². The Morgan fingerprint density at radius 1 is 1.07 bits per heavy atom. The zero-order valence-corrected chi connectivity index (χ0v) is 16.3. The molecule has 3 rings (SSSR count). The SMILES string of the molecule is Cc1cc(CCOCCCc2cccnc2)c([N+](=O)[O-])c(Oc2ccccc2)n1. The first kappa shape index (κ1) is 20.4. The fraction of sp³-hybridized carbons (Fsp3) is 0.273. The fourth-order valence-electron chi connectivity index (χ4n) is 2.97. The summed E-state index contributed by atoms with van der Waals surface area (Å²) in [6, 6.07) is 14.6. The van der Waals surface area contributed by atoms with Crippen LogP contribution in [0.1, 0.15) is 23.2 Å². The summed E-state index contributed by atoms with van der Waals surface area (Å²) >= 11 is 0. The summed E-state index contributed by atoms with van der Waals surface area (Å²) in [7, 11) is 0. The zero-order chi connectivity index (χ0) is 20.5. The molecule has 3 aromatic rings. The lowest BCUT2D eigenvalue weighted by atomic mass is 10.1. The fourth-order valence-corrected chi connectivity index (χ4v) is 2.97. The molecule has 0 atom stereocenters. The van der Waals surface area contributed by atoms with Crippen LogP contribution in [0.5, 0.6) is 11.6 Å². The molecule has 7 heteroatoms. The van der Waals surface area contributed by atoms with Crippen molar-refractivity contribution in [2.75, 3.05) is 13.2 Å². The lowest BCUT2D eigenvalue weighted by molar-refractivity contribution is -0.386. The van der Waals surface area contributed by atoms with E-state index in [1.807, 2.05) is 24.4 Å². The molecule has 29 heavy (non-hydrogen) atoms. The van der Waals surface area contributed by atoms with Crippen molar-refractivity contribution in [3.63, 3.8) is 0 Å². The number of pyridine rings is 2. The van der Waals surface area contributed by atoms with Crippen LogP contribution < -0.4 is 4.74 Å². The Bertz CT molecular complexity index is 934. The number of aryl methyl sites for hydroxylation is 2. The van der Waals surface area contributed by atoms with Gasteiger partial charge in [-0.3, -0.25) is 15.1 Å². The average molecular weight is 393 g/mol. The van der Waals surface area contributed by atoms with Gasteiger partial charge in [0.15, 0.2) is 0 Å². The minimum absolute atomic E-state index is 0.00720. The largest absolute Gasteiger partial charge is 0.434 e. The number of nitro groups is 1. The van der Waals surface area contributed by atoms with Gasteiger partial charge in [-0.25, -0.2) is 4.98 Å². The summed E-state index contributed by atoms with van der Waals surface area (Å²) in [6.07, 6.45) is 5.76. The maximum absolute atomic E-state index is 11.7. The van der Waals surface area contributed by atoms with Gasteiger partial charge in [0.1, 0.15) is 5.75 Å². The van der Waals surface area contributed by atoms with Crippen LogP contribution in [-0.4, -0.2) is 28.1 Å². The first-order valence-electron chi connectivity index (χ1n) is 9.48. The van der Waals surface area contributed by atoms with E-state index >= 15 is 0 Å². The van der Waals surface area contributed by atoms with Crippen LogP contribution in [0.4, 0.5) is 5.69 Å². The van der Waals surface area contributed by atoms with Crippen LogP contribution in [0.25, 0.3) is 0 Å². The highest BCUT2D eigenvalue weighted by molar-refractivity contribution is 5.51. The second kappa shape index (κ2) is 10.3. The van der Waals surface area contributed by atoms with Crippen molar-refractivity contribution in [2.24, 2.45) is 0 Å². The maximum Gasteiger partial charge on any atom is 0.334 e. The van der Waals surface area contributed by atoms with Crippen molar-refractivity contribution in [3.8, 4) is 11.6 Å². The third-order valence-corrected chi connectivity index (χ3v) is 4.30. The Labute approximate surface area is 169 Å². The summed E-state index contributed by atoms with van der Waals surface area (Å²) in [5.74, 6) is 0.513. The molecule has 0 radical (unpaired) electrons. The maximum atomic E-state index is 11.7. The van der Waals surface area contributed by atoms with E-state index in [1.165, 1.54) is 5.56 Å². The van der Waals surface area contributed by atoms with E-state index in [0.717, 1.165) is 12.8 Å². The van der Waals surface area contributed by atoms with Crippen LogP contribution in [0, 0.1) is 17.0 Å². The monoisotopic (exact) mass is 393 g/mol. The molecule has 0 aliphatic heterocycles. The molecule has 0 saturated carbocycles. The highest BCUT2D eigenvalue weighted by Crippen LogP contribution is 2.33. The molecule has 0 unspecified atom stereocenters. The third kappa shape index (κ3) is 6.08. The van der Waals surface area contributed by atoms with E-state index in [2.05, 4.69) is 9.97 Å². The number of nitrogens with zero attached hydrogens (tertiary/aromatic N) is 3. The molecule has 0 saturated heterocycles. The predicted molar refractivity (Wildman–Crippen MR) is 109 cm³/mol. The molecule has 150 valence electrons. The number of benzene rings is 1. The molecule has 7 nitrogen and oxygen atoms in total. The Morgan fingerprint density at radius 2 is 1.90 bits per heavy atom. The molecular weight excluding hydrogens is 370 g/mol. The van der Waals surface area contributed by atoms with Gasteiger partial charge in [-0.15, -0.1) is 0 Å². The second-order valence-electron chi connectivity index (χ2n) is 6.58. The Hall–Kier alpha value is -3.32. The van der Waals surface area contributed by atoms with Gasteiger partial charge in [0, 0.05) is 36.7 Å². The first-order chi connectivity index (χ1) is 14.1. The van der Waals surface area contributed by atoms with Crippen molar-refractivity contribution >= 4 is 5.69 Å². The second-order valence-corrected chi connectivity index (χ2v) is 6.58. The summed E-state index contributed by atoms with van der Waals surface area (Å²) in [6.45, 7) is 2.77. The highest BCUT2D eigenvalue weighted by atomic mass is 16.6. The topological polar surface area (TPSA) is 87.4 Å². The van der Waals surface area contributed by atoms with Gasteiger partial charge >= 0.3 is 5.69 Å². The van der Waals surface area contributed by atoms with Gasteiger partial charge in [0.2, 0.25) is 0 Å². The number of rotatable bonds is 10. The van der Waals surface area contributed by atoms with Gasteiger partial charge in [-0.2, -0.15) is 0 Å². The molecule has 0 fully saturated rings. The van der Waals surface area contributed by atoms with Gasteiger partial charge in [0.05, 0.1) is 11.5 Å². The molecule has 0 bridgehead atoms. The summed E-state index contributed by atoms with van der Waals surface area (Å²) in [5, 5.41) is 11.7. The lowest BCUT2D eigenvalue weighted by Crippen LogP contribution is -2.06. The Kier molecular flexibility index (Phi) is 7.24. The molecule has 0 aliphatic carbocycles. The summed E-state index contributed by atoms with van der Waals surface area (Å²) in [5.41, 5.74) is 2.27. The highest BCUT2D eigenvalue weighted by Gasteiger charge is 2.24. The normalized spacial score (nSPS) is 10.7. The molecule has 2 heterocycles. The number of ether oxygens (including phenoxy) is 2. The van der Waals surface area contributed by atoms with Gasteiger partial charge in [0.25, 0.3) is 5.88 Å². The molecule has 2 aromatic heterocycles. The number of aromatic nitrogens is 2. The number of hydrogen-bond donors (Lipinski definition) is 0. The smallest absolute Gasteiger partial charge is 0.334 e. The predicted octanol–water partition coefficient (Wildman–Crippen LogP) is 4.68. The van der Waals surface area contributed by atoms with Crippen LogP contribution >= 0.6 is 0 Å². The molecule has 0 N–H and O–H groups in total. The van der Waals surface area contributed by atoms with Crippen LogP contribution in [-0.2, 0) is 17.6 Å². The van der Waals surface area contributed by atoms with Gasteiger partial charge in [-0.1, -0.05) is 24.3 Å². The van der Waals surface area contributed by atoms with Crippen LogP contribution in [0.2, 0.25) is 0 Å². The van der Waals surface area contributed by atoms with E-state index in [1.54, 1.807) is 43.5 Å². The molecule has 1 aromatic carbocycles.